The summed E-state index contributed by atoms with van der Waals surface area (Å²) in [5.74, 6) is -0.0797. The highest BCUT2D eigenvalue weighted by molar-refractivity contribution is 5.94. The van der Waals surface area contributed by atoms with Crippen molar-refractivity contribution in [3.05, 3.63) is 47.1 Å². The Morgan fingerprint density at radius 2 is 2.20 bits per heavy atom. The molecular formula is C14H15FN2O3. The predicted molar refractivity (Wildman–Crippen MR) is 70.0 cm³/mol. The summed E-state index contributed by atoms with van der Waals surface area (Å²) in [7, 11) is 2.99. The van der Waals surface area contributed by atoms with Crippen molar-refractivity contribution < 1.29 is 18.4 Å². The van der Waals surface area contributed by atoms with Gasteiger partial charge in [0.2, 0.25) is 0 Å². The van der Waals surface area contributed by atoms with E-state index in [1.54, 1.807) is 20.0 Å². The third-order valence-electron chi connectivity index (χ3n) is 2.82. The molecule has 0 N–H and O–H groups in total. The SMILES string of the molecule is COc1ccc(C(=O)N(C)Cc2cc(C)on2)cc1F. The fraction of sp³-hybridized carbons (Fsp3) is 0.286. The average Bonchev–Trinajstić information content (AvgIpc) is 2.83. The van der Waals surface area contributed by atoms with Crippen LogP contribution in [0.1, 0.15) is 21.8 Å². The first-order chi connectivity index (χ1) is 9.51. The van der Waals surface area contributed by atoms with Gasteiger partial charge in [-0.05, 0) is 25.1 Å². The Hall–Kier alpha value is -2.37. The Bertz CT molecular complexity index is 625. The van der Waals surface area contributed by atoms with E-state index in [4.69, 9.17) is 9.26 Å². The lowest BCUT2D eigenvalue weighted by Gasteiger charge is -2.15. The normalized spacial score (nSPS) is 10.4. The van der Waals surface area contributed by atoms with Gasteiger partial charge in [-0.25, -0.2) is 4.39 Å². The van der Waals surface area contributed by atoms with Crippen molar-refractivity contribution in [2.24, 2.45) is 0 Å². The Kier molecular flexibility index (Phi) is 4.02. The molecule has 0 aliphatic rings. The molecule has 0 atom stereocenters. The van der Waals surface area contributed by atoms with E-state index < -0.39 is 5.82 Å². The van der Waals surface area contributed by atoms with E-state index >= 15 is 0 Å². The van der Waals surface area contributed by atoms with Gasteiger partial charge in [-0.1, -0.05) is 5.16 Å². The van der Waals surface area contributed by atoms with Crippen LogP contribution in [0.4, 0.5) is 4.39 Å². The number of aromatic nitrogens is 1. The van der Waals surface area contributed by atoms with Crippen molar-refractivity contribution >= 4 is 5.91 Å². The first kappa shape index (κ1) is 14.0. The van der Waals surface area contributed by atoms with Gasteiger partial charge in [0.15, 0.2) is 11.6 Å². The minimum absolute atomic E-state index is 0.108. The molecule has 0 aliphatic carbocycles. The van der Waals surface area contributed by atoms with Crippen LogP contribution in [0.15, 0.2) is 28.8 Å². The third kappa shape index (κ3) is 2.96. The number of carbonyl (C=O) groups excluding carboxylic acids is 1. The molecule has 5 nitrogen and oxygen atoms in total. The van der Waals surface area contributed by atoms with Crippen LogP contribution in [0.2, 0.25) is 0 Å². The van der Waals surface area contributed by atoms with Crippen LogP contribution in [0.25, 0.3) is 0 Å². The fourth-order valence-corrected chi connectivity index (χ4v) is 1.83. The molecule has 1 aromatic heterocycles. The van der Waals surface area contributed by atoms with Crippen LogP contribution in [0, 0.1) is 12.7 Å². The number of nitrogens with zero attached hydrogens (tertiary/aromatic N) is 2. The number of aryl methyl sites for hydroxylation is 1. The third-order valence-corrected chi connectivity index (χ3v) is 2.82. The van der Waals surface area contributed by atoms with Gasteiger partial charge >= 0.3 is 0 Å². The molecule has 20 heavy (non-hydrogen) atoms. The summed E-state index contributed by atoms with van der Waals surface area (Å²) in [6.07, 6.45) is 0. The van der Waals surface area contributed by atoms with Crippen LogP contribution in [-0.4, -0.2) is 30.1 Å². The van der Waals surface area contributed by atoms with Gasteiger partial charge in [-0.3, -0.25) is 4.79 Å². The molecule has 2 rings (SSSR count). The molecular weight excluding hydrogens is 263 g/mol. The van der Waals surface area contributed by atoms with Gasteiger partial charge in [0.05, 0.1) is 13.7 Å². The van der Waals surface area contributed by atoms with Crippen molar-refractivity contribution in [2.75, 3.05) is 14.2 Å². The molecule has 1 amide bonds. The minimum atomic E-state index is -0.566. The second-order valence-electron chi connectivity index (χ2n) is 4.44. The first-order valence-corrected chi connectivity index (χ1v) is 6.02. The Morgan fingerprint density at radius 1 is 1.45 bits per heavy atom. The topological polar surface area (TPSA) is 55.6 Å². The highest BCUT2D eigenvalue weighted by Crippen LogP contribution is 2.19. The van der Waals surface area contributed by atoms with E-state index in [2.05, 4.69) is 5.16 Å². The van der Waals surface area contributed by atoms with Crippen molar-refractivity contribution in [3.63, 3.8) is 0 Å². The highest BCUT2D eigenvalue weighted by Gasteiger charge is 2.15. The van der Waals surface area contributed by atoms with E-state index in [1.165, 1.54) is 24.1 Å². The number of hydrogen-bond donors (Lipinski definition) is 0. The second kappa shape index (κ2) is 5.73. The number of halogens is 1. The van der Waals surface area contributed by atoms with Gasteiger partial charge in [0.1, 0.15) is 11.5 Å². The molecule has 0 saturated carbocycles. The summed E-state index contributed by atoms with van der Waals surface area (Å²) in [6, 6.07) is 5.86. The molecule has 1 aromatic carbocycles. The zero-order valence-corrected chi connectivity index (χ0v) is 11.5. The molecule has 0 fully saturated rings. The van der Waals surface area contributed by atoms with E-state index in [1.807, 2.05) is 0 Å². The number of methoxy groups -OCH3 is 1. The predicted octanol–water partition coefficient (Wildman–Crippen LogP) is 2.40. The maximum atomic E-state index is 13.6. The summed E-state index contributed by atoms with van der Waals surface area (Å²) >= 11 is 0. The summed E-state index contributed by atoms with van der Waals surface area (Å²) in [5.41, 5.74) is 0.901. The van der Waals surface area contributed by atoms with Crippen molar-refractivity contribution in [3.8, 4) is 5.75 Å². The maximum Gasteiger partial charge on any atom is 0.254 e. The summed E-state index contributed by atoms with van der Waals surface area (Å²) in [5, 5.41) is 3.81. The van der Waals surface area contributed by atoms with E-state index in [0.717, 1.165) is 6.07 Å². The number of amides is 1. The molecule has 6 heteroatoms. The van der Waals surface area contributed by atoms with Crippen molar-refractivity contribution in [1.82, 2.24) is 10.1 Å². The van der Waals surface area contributed by atoms with E-state index in [-0.39, 0.29) is 17.2 Å². The van der Waals surface area contributed by atoms with E-state index in [0.29, 0.717) is 18.0 Å². The molecule has 1 heterocycles. The van der Waals surface area contributed by atoms with Gasteiger partial charge in [0.25, 0.3) is 5.91 Å². The number of benzene rings is 1. The molecule has 0 aliphatic heterocycles. The number of ether oxygens (including phenoxy) is 1. The average molecular weight is 278 g/mol. The lowest BCUT2D eigenvalue weighted by Crippen LogP contribution is -2.26. The van der Waals surface area contributed by atoms with E-state index in [9.17, 15) is 9.18 Å². The summed E-state index contributed by atoms with van der Waals surface area (Å²) < 4.78 is 23.3. The monoisotopic (exact) mass is 278 g/mol. The molecule has 0 saturated heterocycles. The van der Waals surface area contributed by atoms with Crippen molar-refractivity contribution in [2.45, 2.75) is 13.5 Å². The number of rotatable bonds is 4. The second-order valence-corrected chi connectivity index (χ2v) is 4.44. The lowest BCUT2D eigenvalue weighted by atomic mass is 10.2. The first-order valence-electron chi connectivity index (χ1n) is 6.02. The van der Waals surface area contributed by atoms with Gasteiger partial charge < -0.3 is 14.2 Å². The zero-order valence-electron chi connectivity index (χ0n) is 11.5. The quantitative estimate of drug-likeness (QED) is 0.861. The minimum Gasteiger partial charge on any atom is -0.494 e. The molecule has 0 bridgehead atoms. The summed E-state index contributed by atoms with van der Waals surface area (Å²) in [4.78, 5) is 13.6. The van der Waals surface area contributed by atoms with Crippen LogP contribution in [-0.2, 0) is 6.54 Å². The summed E-state index contributed by atoms with van der Waals surface area (Å²) in [6.45, 7) is 2.07. The van der Waals surface area contributed by atoms with Gasteiger partial charge in [-0.15, -0.1) is 0 Å². The highest BCUT2D eigenvalue weighted by atomic mass is 19.1. The Labute approximate surface area is 115 Å². The largest absolute Gasteiger partial charge is 0.494 e. The molecule has 106 valence electrons. The smallest absolute Gasteiger partial charge is 0.254 e. The van der Waals surface area contributed by atoms with Crippen LogP contribution >= 0.6 is 0 Å². The van der Waals surface area contributed by atoms with Gasteiger partial charge in [0, 0.05) is 18.7 Å². The number of hydrogen-bond acceptors (Lipinski definition) is 4. The van der Waals surface area contributed by atoms with Crippen LogP contribution in [0.5, 0.6) is 5.75 Å². The number of carbonyl (C=O) groups is 1. The maximum absolute atomic E-state index is 13.6. The Balaban J connectivity index is 2.12. The van der Waals surface area contributed by atoms with Gasteiger partial charge in [-0.2, -0.15) is 0 Å². The molecule has 2 aromatic rings. The zero-order chi connectivity index (χ0) is 14.7. The molecule has 0 radical (unpaired) electrons. The standard InChI is InChI=1S/C14H15FN2O3/c1-9-6-11(16-20-9)8-17(2)14(18)10-4-5-13(19-3)12(15)7-10/h4-7H,8H2,1-3H3. The Morgan fingerprint density at radius 3 is 2.75 bits per heavy atom. The van der Waals surface area contributed by atoms with Crippen LogP contribution in [0.3, 0.4) is 0 Å². The van der Waals surface area contributed by atoms with Crippen LogP contribution < -0.4 is 4.74 Å². The lowest BCUT2D eigenvalue weighted by molar-refractivity contribution is 0.0781. The molecule has 0 spiro atoms. The fourth-order valence-electron chi connectivity index (χ4n) is 1.83. The van der Waals surface area contributed by atoms with Crippen molar-refractivity contribution in [1.29, 1.82) is 0 Å². The molecule has 0 unspecified atom stereocenters.